The van der Waals surface area contributed by atoms with Gasteiger partial charge in [-0.25, -0.2) is 0 Å². The van der Waals surface area contributed by atoms with Crippen molar-refractivity contribution in [3.05, 3.63) is 23.8 Å². The molecule has 1 saturated heterocycles. The number of amides is 2. The highest BCUT2D eigenvalue weighted by molar-refractivity contribution is 5.87. The van der Waals surface area contributed by atoms with Gasteiger partial charge in [0.2, 0.25) is 18.6 Å². The first-order valence-electron chi connectivity index (χ1n) is 10.6. The maximum atomic E-state index is 13.5. The van der Waals surface area contributed by atoms with Crippen LogP contribution in [-0.2, 0) is 16.1 Å². The van der Waals surface area contributed by atoms with E-state index in [9.17, 15) is 9.59 Å². The molecule has 2 aliphatic heterocycles. The summed E-state index contributed by atoms with van der Waals surface area (Å²) in [6.45, 7) is 3.73. The minimum absolute atomic E-state index is 0.00852. The third-order valence-corrected chi connectivity index (χ3v) is 6.30. The Hall–Kier alpha value is -2.24. The van der Waals surface area contributed by atoms with Crippen LogP contribution in [0.5, 0.6) is 11.5 Å². The molecule has 0 aromatic heterocycles. The summed E-state index contributed by atoms with van der Waals surface area (Å²) >= 11 is 0. The van der Waals surface area contributed by atoms with Gasteiger partial charge in [-0.2, -0.15) is 0 Å². The molecule has 0 unspecified atom stereocenters. The number of nitrogens with zero attached hydrogens (tertiary/aromatic N) is 2. The summed E-state index contributed by atoms with van der Waals surface area (Å²) in [5.41, 5.74) is 0.978. The quantitative estimate of drug-likeness (QED) is 0.779. The molecule has 2 amide bonds. The Kier molecular flexibility index (Phi) is 5.74. The predicted molar refractivity (Wildman–Crippen MR) is 105 cm³/mol. The fourth-order valence-electron chi connectivity index (χ4n) is 4.85. The molecule has 2 heterocycles. The molecule has 0 radical (unpaired) electrons. The van der Waals surface area contributed by atoms with Crippen molar-refractivity contribution < 1.29 is 19.1 Å². The molecular weight excluding hydrogens is 356 g/mol. The highest BCUT2D eigenvalue weighted by Gasteiger charge is 2.36. The van der Waals surface area contributed by atoms with Gasteiger partial charge < -0.3 is 19.3 Å². The van der Waals surface area contributed by atoms with Crippen molar-refractivity contribution in [3.8, 4) is 11.5 Å². The van der Waals surface area contributed by atoms with E-state index in [1.807, 2.05) is 23.1 Å². The lowest BCUT2D eigenvalue weighted by molar-refractivity contribution is -0.143. The van der Waals surface area contributed by atoms with Crippen molar-refractivity contribution in [2.24, 2.45) is 5.92 Å². The van der Waals surface area contributed by atoms with Gasteiger partial charge in [-0.15, -0.1) is 0 Å². The Morgan fingerprint density at radius 1 is 1.11 bits per heavy atom. The average Bonchev–Trinajstić information content (AvgIpc) is 3.37. The summed E-state index contributed by atoms with van der Waals surface area (Å²) in [6.07, 6.45) is 7.79. The third-order valence-electron chi connectivity index (χ3n) is 6.30. The smallest absolute Gasteiger partial charge is 0.245 e. The summed E-state index contributed by atoms with van der Waals surface area (Å²) < 4.78 is 11.2. The highest BCUT2D eigenvalue weighted by Crippen LogP contribution is 2.36. The number of hydrogen-bond donors (Lipinski definition) is 0. The number of likely N-dealkylation sites (tertiary alicyclic amines) is 1. The van der Waals surface area contributed by atoms with Gasteiger partial charge in [0.15, 0.2) is 11.5 Å². The molecule has 3 aliphatic rings. The maximum Gasteiger partial charge on any atom is 0.245 e. The molecule has 1 aliphatic carbocycles. The molecule has 1 aromatic rings. The van der Waals surface area contributed by atoms with E-state index in [1.165, 1.54) is 32.1 Å². The summed E-state index contributed by atoms with van der Waals surface area (Å²) in [5.74, 6) is 2.10. The number of carbonyl (C=O) groups excluding carboxylic acids is 2. The minimum atomic E-state index is -0.324. The second-order valence-corrected chi connectivity index (χ2v) is 8.24. The van der Waals surface area contributed by atoms with Gasteiger partial charge in [-0.1, -0.05) is 31.4 Å². The zero-order valence-electron chi connectivity index (χ0n) is 16.7. The van der Waals surface area contributed by atoms with E-state index in [1.54, 1.807) is 11.8 Å². The second-order valence-electron chi connectivity index (χ2n) is 8.24. The van der Waals surface area contributed by atoms with Crippen molar-refractivity contribution in [1.29, 1.82) is 0 Å². The zero-order chi connectivity index (χ0) is 19.5. The van der Waals surface area contributed by atoms with Crippen LogP contribution in [0, 0.1) is 5.92 Å². The fraction of sp³-hybridized carbons (Fsp3) is 0.636. The molecule has 152 valence electrons. The van der Waals surface area contributed by atoms with Gasteiger partial charge in [0.05, 0.1) is 0 Å². The molecular formula is C22H30N2O4. The Morgan fingerprint density at radius 2 is 1.93 bits per heavy atom. The van der Waals surface area contributed by atoms with E-state index in [0.29, 0.717) is 19.0 Å². The monoisotopic (exact) mass is 386 g/mol. The molecule has 4 rings (SSSR count). The van der Waals surface area contributed by atoms with Crippen molar-refractivity contribution in [1.82, 2.24) is 9.80 Å². The highest BCUT2D eigenvalue weighted by atomic mass is 16.7. The number of fused-ring (bicyclic) bond motifs is 1. The summed E-state index contributed by atoms with van der Waals surface area (Å²) in [5, 5.41) is 0. The fourth-order valence-corrected chi connectivity index (χ4v) is 4.85. The Morgan fingerprint density at radius 3 is 2.71 bits per heavy atom. The van der Waals surface area contributed by atoms with Crippen LogP contribution in [0.4, 0.5) is 0 Å². The van der Waals surface area contributed by atoms with Gasteiger partial charge in [-0.3, -0.25) is 9.59 Å². The van der Waals surface area contributed by atoms with E-state index in [2.05, 4.69) is 0 Å². The zero-order valence-corrected chi connectivity index (χ0v) is 16.7. The molecule has 1 saturated carbocycles. The molecule has 1 atom stereocenters. The number of ether oxygens (including phenoxy) is 2. The summed E-state index contributed by atoms with van der Waals surface area (Å²) in [4.78, 5) is 29.2. The SMILES string of the molecule is CC(=O)N1CCC[C@H]1C(=O)N(Cc1cccc2c1OCO2)CC1CCCCC1. The van der Waals surface area contributed by atoms with Crippen molar-refractivity contribution >= 4 is 11.8 Å². The molecule has 1 aromatic carbocycles. The number of benzene rings is 1. The average molecular weight is 386 g/mol. The Bertz CT molecular complexity index is 729. The third kappa shape index (κ3) is 3.96. The summed E-state index contributed by atoms with van der Waals surface area (Å²) in [6, 6.07) is 5.53. The van der Waals surface area contributed by atoms with Crippen LogP contribution in [0.3, 0.4) is 0 Å². The first-order valence-corrected chi connectivity index (χ1v) is 10.6. The molecule has 2 fully saturated rings. The van der Waals surface area contributed by atoms with Gasteiger partial charge >= 0.3 is 0 Å². The number of hydrogen-bond acceptors (Lipinski definition) is 4. The molecule has 0 bridgehead atoms. The predicted octanol–water partition coefficient (Wildman–Crippen LogP) is 3.34. The lowest BCUT2D eigenvalue weighted by Crippen LogP contribution is -2.48. The van der Waals surface area contributed by atoms with E-state index >= 15 is 0 Å². The van der Waals surface area contributed by atoms with Crippen molar-refractivity contribution in [3.63, 3.8) is 0 Å². The van der Waals surface area contributed by atoms with Gasteiger partial charge in [0, 0.05) is 32.1 Å². The standard InChI is InChI=1S/C22H30N2O4/c1-16(25)24-12-6-10-19(24)22(26)23(13-17-7-3-2-4-8-17)14-18-9-5-11-20-21(18)28-15-27-20/h5,9,11,17,19H,2-4,6-8,10,12-15H2,1H3/t19-/m0/s1. The van der Waals surface area contributed by atoms with Gasteiger partial charge in [0.25, 0.3) is 0 Å². The molecule has 6 heteroatoms. The molecule has 28 heavy (non-hydrogen) atoms. The number of para-hydroxylation sites is 1. The van der Waals surface area contributed by atoms with E-state index in [-0.39, 0.29) is 24.6 Å². The van der Waals surface area contributed by atoms with Crippen LogP contribution in [0.1, 0.15) is 57.4 Å². The molecule has 6 nitrogen and oxygen atoms in total. The van der Waals surface area contributed by atoms with Gasteiger partial charge in [0.1, 0.15) is 6.04 Å². The normalized spacial score (nSPS) is 21.8. The van der Waals surface area contributed by atoms with Crippen molar-refractivity contribution in [2.75, 3.05) is 19.9 Å². The Labute approximate surface area is 166 Å². The van der Waals surface area contributed by atoms with Crippen LogP contribution >= 0.6 is 0 Å². The Balaban J connectivity index is 1.56. The first-order chi connectivity index (χ1) is 13.6. The van der Waals surface area contributed by atoms with Crippen LogP contribution in [0.25, 0.3) is 0 Å². The van der Waals surface area contributed by atoms with Crippen LogP contribution in [0.15, 0.2) is 18.2 Å². The van der Waals surface area contributed by atoms with Crippen molar-refractivity contribution in [2.45, 2.75) is 64.5 Å². The van der Waals surface area contributed by atoms with Gasteiger partial charge in [-0.05, 0) is 37.7 Å². The largest absolute Gasteiger partial charge is 0.454 e. The van der Waals surface area contributed by atoms with Crippen LogP contribution in [-0.4, -0.2) is 47.5 Å². The summed E-state index contributed by atoms with van der Waals surface area (Å²) in [7, 11) is 0. The van der Waals surface area contributed by atoms with Crippen LogP contribution < -0.4 is 9.47 Å². The first kappa shape index (κ1) is 19.1. The van der Waals surface area contributed by atoms with E-state index in [4.69, 9.17) is 9.47 Å². The number of rotatable bonds is 5. The maximum absolute atomic E-state index is 13.5. The number of carbonyl (C=O) groups is 2. The topological polar surface area (TPSA) is 59.1 Å². The second kappa shape index (κ2) is 8.41. The minimum Gasteiger partial charge on any atom is -0.454 e. The van der Waals surface area contributed by atoms with E-state index < -0.39 is 0 Å². The lowest BCUT2D eigenvalue weighted by atomic mass is 9.88. The molecule has 0 spiro atoms. The van der Waals surface area contributed by atoms with Crippen LogP contribution in [0.2, 0.25) is 0 Å². The lowest BCUT2D eigenvalue weighted by Gasteiger charge is -2.34. The molecule has 0 N–H and O–H groups in total. The van der Waals surface area contributed by atoms with E-state index in [0.717, 1.165) is 36.4 Å².